The number of hydrogen-bond acceptors (Lipinski definition) is 8. The molecule has 1 amide bonds. The SMILES string of the molecule is Cn1c2nc(CC3=NCC=C3)sc2c2cnn(Cc3csc(C(N)=O)n3)c(=O)c21. The fourth-order valence-electron chi connectivity index (χ4n) is 3.35. The number of fused-ring (bicyclic) bond motifs is 3. The van der Waals surface area contributed by atoms with Gasteiger partial charge >= 0.3 is 0 Å². The molecule has 0 bridgehead atoms. The number of nitrogens with two attached hydrogens (primary N) is 1. The van der Waals surface area contributed by atoms with Crippen LogP contribution >= 0.6 is 22.7 Å². The van der Waals surface area contributed by atoms with Crippen LogP contribution in [0.15, 0.2) is 33.5 Å². The molecule has 4 aromatic rings. The summed E-state index contributed by atoms with van der Waals surface area (Å²) in [6.07, 6.45) is 6.43. The van der Waals surface area contributed by atoms with E-state index in [4.69, 9.17) is 10.7 Å². The third-order valence-electron chi connectivity index (χ3n) is 4.69. The first-order chi connectivity index (χ1) is 14.0. The topological polar surface area (TPSA) is 121 Å². The van der Waals surface area contributed by atoms with E-state index in [0.29, 0.717) is 17.6 Å². The van der Waals surface area contributed by atoms with Gasteiger partial charge in [-0.2, -0.15) is 5.10 Å². The van der Waals surface area contributed by atoms with Crippen LogP contribution in [0.5, 0.6) is 0 Å². The van der Waals surface area contributed by atoms with Gasteiger partial charge in [-0.15, -0.1) is 22.7 Å². The van der Waals surface area contributed by atoms with Crippen molar-refractivity contribution in [2.24, 2.45) is 17.8 Å². The lowest BCUT2D eigenvalue weighted by Crippen LogP contribution is -2.24. The Labute approximate surface area is 171 Å². The van der Waals surface area contributed by atoms with Gasteiger partial charge in [-0.3, -0.25) is 14.6 Å². The number of carbonyl (C=O) groups is 1. The molecule has 11 heteroatoms. The van der Waals surface area contributed by atoms with Crippen LogP contribution in [-0.4, -0.2) is 42.5 Å². The van der Waals surface area contributed by atoms with Gasteiger partial charge in [0, 0.05) is 29.9 Å². The summed E-state index contributed by atoms with van der Waals surface area (Å²) < 4.78 is 4.10. The molecule has 1 aliphatic rings. The third kappa shape index (κ3) is 2.98. The van der Waals surface area contributed by atoms with Crippen molar-refractivity contribution in [3.05, 3.63) is 49.8 Å². The molecule has 5 heterocycles. The van der Waals surface area contributed by atoms with Crippen LogP contribution in [0.1, 0.15) is 20.5 Å². The van der Waals surface area contributed by atoms with Crippen molar-refractivity contribution in [3.8, 4) is 0 Å². The van der Waals surface area contributed by atoms with Gasteiger partial charge in [-0.05, 0) is 6.08 Å². The molecule has 5 rings (SSSR count). The number of nitrogens with zero attached hydrogens (tertiary/aromatic N) is 6. The smallest absolute Gasteiger partial charge is 0.291 e. The monoisotopic (exact) mass is 425 g/mol. The lowest BCUT2D eigenvalue weighted by Gasteiger charge is -2.03. The summed E-state index contributed by atoms with van der Waals surface area (Å²) in [6, 6.07) is 0. The van der Waals surface area contributed by atoms with Gasteiger partial charge in [0.2, 0.25) is 0 Å². The van der Waals surface area contributed by atoms with Crippen molar-refractivity contribution in [3.63, 3.8) is 0 Å². The molecule has 9 nitrogen and oxygen atoms in total. The summed E-state index contributed by atoms with van der Waals surface area (Å²) in [5, 5.41) is 7.98. The van der Waals surface area contributed by atoms with E-state index in [9.17, 15) is 9.59 Å². The van der Waals surface area contributed by atoms with E-state index in [2.05, 4.69) is 15.1 Å². The Morgan fingerprint density at radius 1 is 1.34 bits per heavy atom. The molecule has 29 heavy (non-hydrogen) atoms. The number of carbonyl (C=O) groups excluding carboxylic acids is 1. The molecule has 0 radical (unpaired) electrons. The molecule has 0 fully saturated rings. The molecule has 0 saturated heterocycles. The highest BCUT2D eigenvalue weighted by Gasteiger charge is 2.19. The van der Waals surface area contributed by atoms with Crippen LogP contribution in [0, 0.1) is 0 Å². The van der Waals surface area contributed by atoms with E-state index in [-0.39, 0.29) is 17.1 Å². The summed E-state index contributed by atoms with van der Waals surface area (Å²) in [7, 11) is 1.83. The van der Waals surface area contributed by atoms with E-state index in [1.54, 1.807) is 22.9 Å². The predicted molar refractivity (Wildman–Crippen MR) is 113 cm³/mol. The third-order valence-corrected chi connectivity index (χ3v) is 6.67. The second-order valence-corrected chi connectivity index (χ2v) is 8.55. The fourth-order valence-corrected chi connectivity index (χ4v) is 5.13. The molecule has 0 atom stereocenters. The van der Waals surface area contributed by atoms with E-state index in [0.717, 1.165) is 44.3 Å². The number of thiazole rings is 2. The molecular weight excluding hydrogens is 410 g/mol. The van der Waals surface area contributed by atoms with Crippen molar-refractivity contribution >= 4 is 55.5 Å². The minimum Gasteiger partial charge on any atom is -0.364 e. The van der Waals surface area contributed by atoms with Gasteiger partial charge in [0.05, 0.1) is 29.7 Å². The molecule has 0 aromatic carbocycles. The van der Waals surface area contributed by atoms with Crippen LogP contribution in [0.2, 0.25) is 0 Å². The standard InChI is InChI=1S/C18H15N7O2S2/c1-24-13-11(14-16(24)23-12(29-14)5-9-3-2-4-20-9)6-21-25(18(13)27)7-10-8-28-17(22-10)15(19)26/h2-3,6,8H,4-5,7H2,1H3,(H2,19,26). The number of allylic oxidation sites excluding steroid dienone is 1. The average molecular weight is 425 g/mol. The zero-order valence-electron chi connectivity index (χ0n) is 15.3. The van der Waals surface area contributed by atoms with E-state index in [1.165, 1.54) is 4.68 Å². The number of amides is 1. The molecule has 0 spiro atoms. The summed E-state index contributed by atoms with van der Waals surface area (Å²) >= 11 is 2.72. The number of aliphatic imine (C=N–C) groups is 1. The Kier molecular flexibility index (Phi) is 4.14. The second kappa shape index (κ2) is 6.71. The highest BCUT2D eigenvalue weighted by Crippen LogP contribution is 2.31. The van der Waals surface area contributed by atoms with Crippen LogP contribution in [0.25, 0.3) is 21.3 Å². The van der Waals surface area contributed by atoms with Crippen molar-refractivity contribution in [2.45, 2.75) is 13.0 Å². The van der Waals surface area contributed by atoms with Gasteiger partial charge in [-0.1, -0.05) is 6.08 Å². The lowest BCUT2D eigenvalue weighted by atomic mass is 10.3. The Bertz CT molecular complexity index is 1400. The van der Waals surface area contributed by atoms with Gasteiger partial charge in [0.25, 0.3) is 11.5 Å². The number of aryl methyl sites for hydroxylation is 1. The molecule has 0 unspecified atom stereocenters. The highest BCUT2D eigenvalue weighted by molar-refractivity contribution is 7.19. The maximum absolute atomic E-state index is 13.0. The van der Waals surface area contributed by atoms with Crippen molar-refractivity contribution < 1.29 is 4.79 Å². The van der Waals surface area contributed by atoms with E-state index >= 15 is 0 Å². The first-order valence-electron chi connectivity index (χ1n) is 8.79. The van der Waals surface area contributed by atoms with Gasteiger partial charge < -0.3 is 10.3 Å². The number of primary amides is 1. The van der Waals surface area contributed by atoms with Crippen molar-refractivity contribution in [2.75, 3.05) is 6.54 Å². The molecule has 1 aliphatic heterocycles. The Morgan fingerprint density at radius 3 is 2.93 bits per heavy atom. The van der Waals surface area contributed by atoms with Crippen LogP contribution in [-0.2, 0) is 20.0 Å². The van der Waals surface area contributed by atoms with E-state index in [1.807, 2.05) is 23.8 Å². The highest BCUT2D eigenvalue weighted by atomic mass is 32.1. The lowest BCUT2D eigenvalue weighted by molar-refractivity contribution is 0.0999. The molecule has 2 N–H and O–H groups in total. The van der Waals surface area contributed by atoms with Gasteiger partial charge in [0.15, 0.2) is 10.7 Å². The van der Waals surface area contributed by atoms with Crippen LogP contribution in [0.3, 0.4) is 0 Å². The first-order valence-corrected chi connectivity index (χ1v) is 10.5. The first kappa shape index (κ1) is 17.9. The largest absolute Gasteiger partial charge is 0.364 e. The van der Waals surface area contributed by atoms with Crippen LogP contribution < -0.4 is 11.3 Å². The maximum Gasteiger partial charge on any atom is 0.291 e. The minimum absolute atomic E-state index is 0.169. The summed E-state index contributed by atoms with van der Waals surface area (Å²) in [5.41, 5.74) is 7.92. The normalized spacial score (nSPS) is 13.6. The Morgan fingerprint density at radius 2 is 2.21 bits per heavy atom. The van der Waals surface area contributed by atoms with Crippen LogP contribution in [0.4, 0.5) is 0 Å². The van der Waals surface area contributed by atoms with Gasteiger partial charge in [0.1, 0.15) is 10.5 Å². The maximum atomic E-state index is 13.0. The summed E-state index contributed by atoms with van der Waals surface area (Å²) in [6.45, 7) is 0.898. The molecule has 4 aromatic heterocycles. The van der Waals surface area contributed by atoms with Gasteiger partial charge in [-0.25, -0.2) is 14.6 Å². The Balaban J connectivity index is 1.54. The number of aromatic nitrogens is 5. The Hall–Kier alpha value is -3.18. The second-order valence-electron chi connectivity index (χ2n) is 6.61. The predicted octanol–water partition coefficient (Wildman–Crippen LogP) is 1.50. The number of hydrogen-bond donors (Lipinski definition) is 1. The molecule has 146 valence electrons. The molecule has 0 aliphatic carbocycles. The summed E-state index contributed by atoms with van der Waals surface area (Å²) in [5.74, 6) is -0.583. The zero-order chi connectivity index (χ0) is 20.1. The zero-order valence-corrected chi connectivity index (χ0v) is 17.0. The van der Waals surface area contributed by atoms with E-state index < -0.39 is 5.91 Å². The quantitative estimate of drug-likeness (QED) is 0.519. The minimum atomic E-state index is -0.583. The average Bonchev–Trinajstić information content (AvgIpc) is 3.45. The fraction of sp³-hybridized carbons (Fsp3) is 0.222. The summed E-state index contributed by atoms with van der Waals surface area (Å²) in [4.78, 5) is 37.5. The number of rotatable bonds is 5. The molecule has 0 saturated carbocycles. The molecular formula is C18H15N7O2S2. The van der Waals surface area contributed by atoms with Crippen molar-refractivity contribution in [1.82, 2.24) is 24.3 Å². The van der Waals surface area contributed by atoms with Crippen molar-refractivity contribution in [1.29, 1.82) is 0 Å².